The van der Waals surface area contributed by atoms with E-state index in [2.05, 4.69) is 5.32 Å². The zero-order valence-electron chi connectivity index (χ0n) is 12.0. The van der Waals surface area contributed by atoms with Crippen LogP contribution >= 0.6 is 0 Å². The van der Waals surface area contributed by atoms with E-state index in [4.69, 9.17) is 5.14 Å². The molecule has 1 aromatic carbocycles. The predicted octanol–water partition coefficient (Wildman–Crippen LogP) is -0.151. The molecule has 2 atom stereocenters. The summed E-state index contributed by atoms with van der Waals surface area (Å²) in [5, 5.41) is 8.50. The third-order valence-corrected chi connectivity index (χ3v) is 7.03. The van der Waals surface area contributed by atoms with Crippen molar-refractivity contribution in [3.63, 3.8) is 0 Å². The Labute approximate surface area is 130 Å². The number of benzene rings is 1. The largest absolute Gasteiger partial charge is 0.310 e. The minimum atomic E-state index is -3.93. The molecule has 2 saturated heterocycles. The van der Waals surface area contributed by atoms with Crippen LogP contribution in [0.15, 0.2) is 34.1 Å². The van der Waals surface area contributed by atoms with Crippen molar-refractivity contribution in [3.8, 4) is 0 Å². The highest BCUT2D eigenvalue weighted by atomic mass is 32.2. The van der Waals surface area contributed by atoms with Crippen molar-refractivity contribution < 1.29 is 16.8 Å². The third-order valence-electron chi connectivity index (χ3n) is 4.26. The van der Waals surface area contributed by atoms with E-state index in [1.807, 2.05) is 0 Å². The Morgan fingerprint density at radius 1 is 1.05 bits per heavy atom. The SMILES string of the molecule is NS(=O)(=O)c1cccc(S(=O)(=O)N2CCC3CCC(C2)N3)c1. The molecule has 3 rings (SSSR count). The lowest BCUT2D eigenvalue weighted by Gasteiger charge is -2.23. The maximum absolute atomic E-state index is 12.8. The molecule has 3 N–H and O–H groups in total. The van der Waals surface area contributed by atoms with Gasteiger partial charge in [-0.15, -0.1) is 0 Å². The summed E-state index contributed by atoms with van der Waals surface area (Å²) in [7, 11) is -7.64. The number of nitrogens with two attached hydrogens (primary N) is 1. The second kappa shape index (κ2) is 5.57. The van der Waals surface area contributed by atoms with E-state index in [-0.39, 0.29) is 15.8 Å². The number of sulfonamides is 2. The fourth-order valence-corrected chi connectivity index (χ4v) is 5.27. The molecule has 2 aliphatic heterocycles. The molecule has 2 fully saturated rings. The van der Waals surface area contributed by atoms with Crippen LogP contribution in [-0.2, 0) is 20.0 Å². The van der Waals surface area contributed by atoms with Crippen LogP contribution in [0, 0.1) is 0 Å². The molecule has 0 aliphatic carbocycles. The van der Waals surface area contributed by atoms with Crippen molar-refractivity contribution in [2.45, 2.75) is 41.1 Å². The van der Waals surface area contributed by atoms with Gasteiger partial charge in [-0.05, 0) is 37.5 Å². The highest BCUT2D eigenvalue weighted by Crippen LogP contribution is 2.25. The Kier molecular flexibility index (Phi) is 4.02. The highest BCUT2D eigenvalue weighted by Gasteiger charge is 2.35. The Hall–Kier alpha value is -1.00. The van der Waals surface area contributed by atoms with E-state index >= 15 is 0 Å². The lowest BCUT2D eigenvalue weighted by molar-refractivity contribution is 0.383. The fourth-order valence-electron chi connectivity index (χ4n) is 3.09. The van der Waals surface area contributed by atoms with Gasteiger partial charge in [0, 0.05) is 25.2 Å². The van der Waals surface area contributed by atoms with E-state index in [9.17, 15) is 16.8 Å². The van der Waals surface area contributed by atoms with Gasteiger partial charge in [0.2, 0.25) is 20.0 Å². The maximum Gasteiger partial charge on any atom is 0.243 e. The molecule has 0 amide bonds. The molecule has 1 aromatic rings. The van der Waals surface area contributed by atoms with Crippen molar-refractivity contribution >= 4 is 20.0 Å². The van der Waals surface area contributed by atoms with Gasteiger partial charge in [-0.1, -0.05) is 6.07 Å². The van der Waals surface area contributed by atoms with Crippen LogP contribution in [0.2, 0.25) is 0 Å². The molecule has 2 heterocycles. The monoisotopic (exact) mass is 345 g/mol. The Morgan fingerprint density at radius 2 is 1.73 bits per heavy atom. The molecule has 0 radical (unpaired) electrons. The normalized spacial score (nSPS) is 26.8. The minimum Gasteiger partial charge on any atom is -0.310 e. The summed E-state index contributed by atoms with van der Waals surface area (Å²) in [4.78, 5) is -0.222. The summed E-state index contributed by atoms with van der Waals surface area (Å²) in [5.41, 5.74) is 0. The van der Waals surface area contributed by atoms with Gasteiger partial charge in [-0.2, -0.15) is 4.31 Å². The zero-order valence-corrected chi connectivity index (χ0v) is 13.6. The molecule has 122 valence electrons. The smallest absolute Gasteiger partial charge is 0.243 e. The Balaban J connectivity index is 1.93. The number of primary sulfonamides is 1. The molecule has 2 unspecified atom stereocenters. The van der Waals surface area contributed by atoms with Crippen LogP contribution < -0.4 is 10.5 Å². The quantitative estimate of drug-likeness (QED) is 0.792. The van der Waals surface area contributed by atoms with Crippen LogP contribution in [0.1, 0.15) is 19.3 Å². The first-order chi connectivity index (χ1) is 10.3. The van der Waals surface area contributed by atoms with E-state index in [0.29, 0.717) is 19.1 Å². The summed E-state index contributed by atoms with van der Waals surface area (Å²) in [6, 6.07) is 5.77. The summed E-state index contributed by atoms with van der Waals surface area (Å²) < 4.78 is 49.8. The van der Waals surface area contributed by atoms with Gasteiger partial charge in [-0.25, -0.2) is 22.0 Å². The Morgan fingerprint density at radius 3 is 2.45 bits per heavy atom. The lowest BCUT2D eigenvalue weighted by Crippen LogP contribution is -2.39. The summed E-state index contributed by atoms with van der Waals surface area (Å²) in [5.74, 6) is 0. The van der Waals surface area contributed by atoms with Gasteiger partial charge in [-0.3, -0.25) is 0 Å². The topological polar surface area (TPSA) is 110 Å². The van der Waals surface area contributed by atoms with E-state index < -0.39 is 20.0 Å². The predicted molar refractivity (Wildman–Crippen MR) is 81.1 cm³/mol. The molecule has 2 aliphatic rings. The standard InChI is InChI=1S/C13H19N3O4S2/c14-21(17,18)12-2-1-3-13(8-12)22(19,20)16-7-6-10-4-5-11(9-16)15-10/h1-3,8,10-11,15H,4-7,9H2,(H2,14,17,18). The molecule has 0 spiro atoms. The summed E-state index contributed by atoms with van der Waals surface area (Å²) in [6.45, 7) is 0.856. The number of nitrogens with zero attached hydrogens (tertiary/aromatic N) is 1. The van der Waals surface area contributed by atoms with E-state index in [1.54, 1.807) is 0 Å². The first-order valence-electron chi connectivity index (χ1n) is 7.16. The van der Waals surface area contributed by atoms with Crippen molar-refractivity contribution in [2.24, 2.45) is 5.14 Å². The summed E-state index contributed by atoms with van der Waals surface area (Å²) in [6.07, 6.45) is 2.82. The van der Waals surface area contributed by atoms with Crippen LogP contribution in [0.5, 0.6) is 0 Å². The van der Waals surface area contributed by atoms with Gasteiger partial charge in [0.25, 0.3) is 0 Å². The first-order valence-corrected chi connectivity index (χ1v) is 10.1. The molecule has 2 bridgehead atoms. The molecular weight excluding hydrogens is 326 g/mol. The zero-order chi connectivity index (χ0) is 16.0. The number of nitrogens with one attached hydrogen (secondary N) is 1. The van der Waals surface area contributed by atoms with E-state index in [0.717, 1.165) is 25.3 Å². The van der Waals surface area contributed by atoms with Crippen LogP contribution in [0.3, 0.4) is 0 Å². The lowest BCUT2D eigenvalue weighted by atomic mass is 10.1. The molecular formula is C13H19N3O4S2. The second-order valence-corrected chi connectivity index (χ2v) is 9.31. The average Bonchev–Trinajstić information content (AvgIpc) is 2.77. The fraction of sp³-hybridized carbons (Fsp3) is 0.538. The molecule has 0 aromatic heterocycles. The van der Waals surface area contributed by atoms with Crippen molar-refractivity contribution in [2.75, 3.05) is 13.1 Å². The van der Waals surface area contributed by atoms with E-state index in [1.165, 1.54) is 22.5 Å². The van der Waals surface area contributed by atoms with Crippen LogP contribution in [0.4, 0.5) is 0 Å². The first kappa shape index (κ1) is 15.9. The highest BCUT2D eigenvalue weighted by molar-refractivity contribution is 7.90. The van der Waals surface area contributed by atoms with Crippen LogP contribution in [-0.4, -0.2) is 46.3 Å². The van der Waals surface area contributed by atoms with Gasteiger partial charge < -0.3 is 5.32 Å². The van der Waals surface area contributed by atoms with Gasteiger partial charge in [0.15, 0.2) is 0 Å². The van der Waals surface area contributed by atoms with Gasteiger partial charge in [0.1, 0.15) is 0 Å². The molecule has 22 heavy (non-hydrogen) atoms. The average molecular weight is 345 g/mol. The van der Waals surface area contributed by atoms with Crippen molar-refractivity contribution in [1.82, 2.24) is 9.62 Å². The number of hydrogen-bond donors (Lipinski definition) is 2. The number of fused-ring (bicyclic) bond motifs is 2. The molecule has 9 heteroatoms. The van der Waals surface area contributed by atoms with Crippen molar-refractivity contribution in [3.05, 3.63) is 24.3 Å². The maximum atomic E-state index is 12.8. The number of rotatable bonds is 3. The third kappa shape index (κ3) is 3.04. The van der Waals surface area contributed by atoms with Crippen molar-refractivity contribution in [1.29, 1.82) is 0 Å². The van der Waals surface area contributed by atoms with Crippen LogP contribution in [0.25, 0.3) is 0 Å². The molecule has 7 nitrogen and oxygen atoms in total. The van der Waals surface area contributed by atoms with Gasteiger partial charge >= 0.3 is 0 Å². The number of hydrogen-bond acceptors (Lipinski definition) is 5. The molecule has 0 saturated carbocycles. The summed E-state index contributed by atoms with van der Waals surface area (Å²) >= 11 is 0. The van der Waals surface area contributed by atoms with Gasteiger partial charge in [0.05, 0.1) is 9.79 Å². The second-order valence-electron chi connectivity index (χ2n) is 5.81. The Bertz CT molecular complexity index is 776. The minimum absolute atomic E-state index is 0.0307.